The van der Waals surface area contributed by atoms with Crippen molar-refractivity contribution in [1.82, 2.24) is 29.4 Å². The molecule has 0 spiro atoms. The van der Waals surface area contributed by atoms with Gasteiger partial charge in [-0.3, -0.25) is 9.78 Å². The maximum absolute atomic E-state index is 14.0. The van der Waals surface area contributed by atoms with Crippen molar-refractivity contribution in [2.24, 2.45) is 5.73 Å². The number of amides is 1. The van der Waals surface area contributed by atoms with Gasteiger partial charge in [0.25, 0.3) is 0 Å². The van der Waals surface area contributed by atoms with Crippen molar-refractivity contribution < 1.29 is 13.6 Å². The highest BCUT2D eigenvalue weighted by atomic mass is 19.2. The minimum absolute atomic E-state index is 0.101. The van der Waals surface area contributed by atoms with Crippen molar-refractivity contribution in [3.8, 4) is 11.3 Å². The third-order valence-corrected chi connectivity index (χ3v) is 6.63. The highest BCUT2D eigenvalue weighted by Crippen LogP contribution is 2.32. The summed E-state index contributed by atoms with van der Waals surface area (Å²) in [6, 6.07) is 4.52. The molecule has 5 rings (SSSR count). The molecule has 10 nitrogen and oxygen atoms in total. The van der Waals surface area contributed by atoms with Gasteiger partial charge < -0.3 is 25.8 Å². The predicted molar refractivity (Wildman–Crippen MR) is 135 cm³/mol. The molecular weight excluding hydrogens is 480 g/mol. The van der Waals surface area contributed by atoms with Gasteiger partial charge >= 0.3 is 0 Å². The van der Waals surface area contributed by atoms with E-state index in [-0.39, 0.29) is 17.8 Å². The molecule has 4 heterocycles. The van der Waals surface area contributed by atoms with Crippen LogP contribution in [0.25, 0.3) is 22.4 Å². The molecule has 0 aliphatic carbocycles. The molecule has 1 aromatic carbocycles. The third-order valence-electron chi connectivity index (χ3n) is 6.63. The van der Waals surface area contributed by atoms with Crippen LogP contribution in [-0.2, 0) is 11.3 Å². The molecule has 0 bridgehead atoms. The fourth-order valence-corrected chi connectivity index (χ4v) is 4.76. The molecule has 0 unspecified atom stereocenters. The molecule has 1 aliphatic heterocycles. The number of halogens is 2. The molecule has 12 heteroatoms. The molecule has 0 saturated carbocycles. The van der Waals surface area contributed by atoms with E-state index < -0.39 is 17.7 Å². The number of carbonyl (C=O) groups excluding carboxylic acids is 1. The molecule has 1 fully saturated rings. The molecule has 1 saturated heterocycles. The van der Waals surface area contributed by atoms with Gasteiger partial charge in [-0.2, -0.15) is 0 Å². The van der Waals surface area contributed by atoms with Crippen molar-refractivity contribution in [3.05, 3.63) is 60.3 Å². The van der Waals surface area contributed by atoms with Gasteiger partial charge in [0.1, 0.15) is 17.9 Å². The third kappa shape index (κ3) is 4.55. The number of piperidine rings is 1. The molecule has 4 aromatic rings. The Bertz CT molecular complexity index is 1470. The first-order valence-corrected chi connectivity index (χ1v) is 11.8. The second-order valence-corrected chi connectivity index (χ2v) is 9.31. The summed E-state index contributed by atoms with van der Waals surface area (Å²) in [5, 5.41) is 0. The van der Waals surface area contributed by atoms with Crippen LogP contribution in [-0.4, -0.2) is 68.0 Å². The zero-order chi connectivity index (χ0) is 26.3. The van der Waals surface area contributed by atoms with Crippen LogP contribution in [0.4, 0.5) is 20.3 Å². The van der Waals surface area contributed by atoms with Crippen molar-refractivity contribution in [2.45, 2.75) is 31.5 Å². The molecule has 37 heavy (non-hydrogen) atoms. The number of benzene rings is 1. The zero-order valence-corrected chi connectivity index (χ0v) is 20.5. The Morgan fingerprint density at radius 2 is 1.95 bits per heavy atom. The van der Waals surface area contributed by atoms with Gasteiger partial charge in [0.2, 0.25) is 5.91 Å². The Kier molecular flexibility index (Phi) is 6.42. The van der Waals surface area contributed by atoms with Crippen LogP contribution in [0, 0.1) is 11.6 Å². The summed E-state index contributed by atoms with van der Waals surface area (Å²) in [7, 11) is 3.41. The van der Waals surface area contributed by atoms with Crippen LogP contribution < -0.4 is 16.4 Å². The topological polar surface area (TPSA) is 132 Å². The minimum atomic E-state index is -0.962. The number of nitrogens with zero attached hydrogens (tertiary/aromatic N) is 7. The number of carbonyl (C=O) groups is 1. The summed E-state index contributed by atoms with van der Waals surface area (Å²) < 4.78 is 29.4. The quantitative estimate of drug-likeness (QED) is 0.420. The van der Waals surface area contributed by atoms with Gasteiger partial charge in [0.15, 0.2) is 23.1 Å². The van der Waals surface area contributed by atoms with Crippen molar-refractivity contribution in [2.75, 3.05) is 31.3 Å². The SMILES string of the molecule is CN(C)C(=O)[C@@H]1[C@H](N)CCCN1c1cnc(-c2ccc(F)c(F)c2)cc1Cn1cnc2c(N)ncnc21. The molecule has 192 valence electrons. The second kappa shape index (κ2) is 9.69. The van der Waals surface area contributed by atoms with E-state index in [9.17, 15) is 13.6 Å². The number of hydrogen-bond donors (Lipinski definition) is 2. The largest absolute Gasteiger partial charge is 0.382 e. The predicted octanol–water partition coefficient (Wildman–Crippen LogP) is 2.18. The van der Waals surface area contributed by atoms with E-state index in [1.54, 1.807) is 32.7 Å². The van der Waals surface area contributed by atoms with E-state index in [0.717, 1.165) is 30.5 Å². The fraction of sp³-hybridized carbons (Fsp3) is 0.320. The highest BCUT2D eigenvalue weighted by Gasteiger charge is 2.37. The molecule has 3 aromatic heterocycles. The summed E-state index contributed by atoms with van der Waals surface area (Å²) in [6.45, 7) is 0.910. The van der Waals surface area contributed by atoms with Gasteiger partial charge in [-0.05, 0) is 42.7 Å². The lowest BCUT2D eigenvalue weighted by atomic mass is 9.94. The molecular formula is C25H27F2N9O. The van der Waals surface area contributed by atoms with Gasteiger partial charge in [-0.1, -0.05) is 0 Å². The number of nitrogens with two attached hydrogens (primary N) is 2. The first kappa shape index (κ1) is 24.5. The summed E-state index contributed by atoms with van der Waals surface area (Å²) in [6.07, 6.45) is 6.16. The zero-order valence-electron chi connectivity index (χ0n) is 20.5. The van der Waals surface area contributed by atoms with E-state index in [2.05, 4.69) is 19.9 Å². The van der Waals surface area contributed by atoms with Gasteiger partial charge in [0.05, 0.1) is 30.5 Å². The van der Waals surface area contributed by atoms with E-state index in [1.807, 2.05) is 9.47 Å². The normalized spacial score (nSPS) is 17.8. The molecule has 4 N–H and O–H groups in total. The number of imidazole rings is 1. The Morgan fingerprint density at radius 1 is 1.14 bits per heavy atom. The summed E-state index contributed by atoms with van der Waals surface area (Å²) in [5.74, 6) is -1.73. The van der Waals surface area contributed by atoms with Crippen molar-refractivity contribution in [3.63, 3.8) is 0 Å². The Morgan fingerprint density at radius 3 is 2.70 bits per heavy atom. The van der Waals surface area contributed by atoms with Gasteiger partial charge in [0, 0.05) is 32.2 Å². The smallest absolute Gasteiger partial charge is 0.246 e. The highest BCUT2D eigenvalue weighted by molar-refractivity contribution is 5.87. The number of likely N-dealkylation sites (N-methyl/N-ethyl adjacent to an activating group) is 1. The van der Waals surface area contributed by atoms with Crippen LogP contribution in [0.3, 0.4) is 0 Å². The molecule has 2 atom stereocenters. The minimum Gasteiger partial charge on any atom is -0.382 e. The number of aromatic nitrogens is 5. The number of hydrogen-bond acceptors (Lipinski definition) is 8. The van der Waals surface area contributed by atoms with Crippen molar-refractivity contribution in [1.29, 1.82) is 0 Å². The van der Waals surface area contributed by atoms with Gasteiger partial charge in [-0.25, -0.2) is 23.7 Å². The van der Waals surface area contributed by atoms with Crippen LogP contribution in [0.5, 0.6) is 0 Å². The lowest BCUT2D eigenvalue weighted by Crippen LogP contribution is -2.59. The van der Waals surface area contributed by atoms with E-state index in [0.29, 0.717) is 41.2 Å². The molecule has 1 aliphatic rings. The molecule has 1 amide bonds. The van der Waals surface area contributed by atoms with Crippen molar-refractivity contribution >= 4 is 28.6 Å². The summed E-state index contributed by atoms with van der Waals surface area (Å²) in [5.41, 5.74) is 15.8. The Hall–Kier alpha value is -4.19. The molecule has 0 radical (unpaired) electrons. The number of pyridine rings is 1. The van der Waals surface area contributed by atoms with Gasteiger partial charge in [-0.15, -0.1) is 0 Å². The standard InChI is InChI=1S/C25H27F2N9O/c1-34(2)25(37)22-18(28)4-3-7-36(22)20-10-30-19(14-5-6-16(26)17(27)8-14)9-15(20)11-35-13-33-21-23(29)31-12-32-24(21)35/h5-6,8-10,12-13,18,22H,3-4,7,11,28H2,1-2H3,(H2,29,31,32)/t18-,22+/m1/s1. The Balaban J connectivity index is 1.64. The van der Waals surface area contributed by atoms with E-state index >= 15 is 0 Å². The lowest BCUT2D eigenvalue weighted by Gasteiger charge is -2.42. The monoisotopic (exact) mass is 507 g/mol. The van der Waals surface area contributed by atoms with Crippen LogP contribution >= 0.6 is 0 Å². The average molecular weight is 508 g/mol. The summed E-state index contributed by atoms with van der Waals surface area (Å²) in [4.78, 5) is 33.9. The summed E-state index contributed by atoms with van der Waals surface area (Å²) >= 11 is 0. The average Bonchev–Trinajstić information content (AvgIpc) is 3.29. The number of nitrogen functional groups attached to an aromatic ring is 1. The van der Waals surface area contributed by atoms with Crippen LogP contribution in [0.2, 0.25) is 0 Å². The second-order valence-electron chi connectivity index (χ2n) is 9.31. The first-order valence-electron chi connectivity index (χ1n) is 11.8. The number of fused-ring (bicyclic) bond motifs is 1. The van der Waals surface area contributed by atoms with Crippen LogP contribution in [0.1, 0.15) is 18.4 Å². The van der Waals surface area contributed by atoms with E-state index in [4.69, 9.17) is 11.5 Å². The van der Waals surface area contributed by atoms with E-state index in [1.165, 1.54) is 17.3 Å². The Labute approximate surface area is 211 Å². The maximum atomic E-state index is 14.0. The lowest BCUT2D eigenvalue weighted by molar-refractivity contribution is -0.130. The number of rotatable bonds is 5. The van der Waals surface area contributed by atoms with Crippen LogP contribution in [0.15, 0.2) is 43.1 Å². The number of anilines is 2. The first-order chi connectivity index (χ1) is 17.7. The maximum Gasteiger partial charge on any atom is 0.246 e. The fourth-order valence-electron chi connectivity index (χ4n) is 4.76.